The van der Waals surface area contributed by atoms with E-state index in [0.717, 1.165) is 6.04 Å². The van der Waals surface area contributed by atoms with Crippen molar-refractivity contribution in [2.24, 2.45) is 0 Å². The maximum atomic E-state index is 2.73. The van der Waals surface area contributed by atoms with Crippen LogP contribution in [-0.4, -0.2) is 96.1 Å². The fourth-order valence-corrected chi connectivity index (χ4v) is 4.27. The van der Waals surface area contributed by atoms with Crippen LogP contribution in [0.4, 0.5) is 0 Å². The van der Waals surface area contributed by atoms with E-state index < -0.39 is 0 Å². The minimum absolute atomic E-state index is 0.336. The van der Waals surface area contributed by atoms with Gasteiger partial charge in [0.15, 0.2) is 0 Å². The number of likely N-dealkylation sites (N-methyl/N-ethyl adjacent to an activating group) is 1. The average molecular weight is 339 g/mol. The maximum absolute atomic E-state index is 2.73. The molecule has 0 saturated carbocycles. The summed E-state index contributed by atoms with van der Waals surface area (Å²) >= 11 is 0. The number of hydrogen-bond acceptors (Lipinski definition) is 4. The number of rotatable bonds is 7. The van der Waals surface area contributed by atoms with E-state index in [1.165, 1.54) is 71.7 Å². The van der Waals surface area contributed by atoms with Crippen molar-refractivity contribution in [1.82, 2.24) is 19.6 Å². The highest BCUT2D eigenvalue weighted by Crippen LogP contribution is 2.25. The van der Waals surface area contributed by atoms with E-state index in [0.29, 0.717) is 11.6 Å². The molecular formula is C20H42N4. The molecule has 0 aromatic heterocycles. The van der Waals surface area contributed by atoms with Crippen LogP contribution in [0.1, 0.15) is 54.4 Å². The van der Waals surface area contributed by atoms with E-state index in [1.807, 2.05) is 0 Å². The maximum Gasteiger partial charge on any atom is 0.0154 e. The smallest absolute Gasteiger partial charge is 0.0154 e. The van der Waals surface area contributed by atoms with Crippen LogP contribution in [0.5, 0.6) is 0 Å². The molecule has 142 valence electrons. The van der Waals surface area contributed by atoms with Crippen molar-refractivity contribution < 1.29 is 0 Å². The van der Waals surface area contributed by atoms with Crippen molar-refractivity contribution in [1.29, 1.82) is 0 Å². The average Bonchev–Trinajstić information content (AvgIpc) is 2.60. The molecular weight excluding hydrogens is 296 g/mol. The van der Waals surface area contributed by atoms with Crippen molar-refractivity contribution in [3.8, 4) is 0 Å². The van der Waals surface area contributed by atoms with E-state index in [-0.39, 0.29) is 0 Å². The summed E-state index contributed by atoms with van der Waals surface area (Å²) in [6, 6.07) is 1.41. The first-order chi connectivity index (χ1) is 11.3. The summed E-state index contributed by atoms with van der Waals surface area (Å²) in [5.74, 6) is 0. The van der Waals surface area contributed by atoms with Gasteiger partial charge in [-0.15, -0.1) is 0 Å². The van der Waals surface area contributed by atoms with E-state index >= 15 is 0 Å². The standard InChI is InChI=1S/C20H42N4/c1-7-21-10-12-23(13-11-21)19(4)8-9-20(5,6)24-16-14-22(15-17-24)18(2)3/h18-19H,7-17H2,1-6H3. The molecule has 0 aromatic carbocycles. The summed E-state index contributed by atoms with van der Waals surface area (Å²) in [5.41, 5.74) is 0.336. The van der Waals surface area contributed by atoms with Gasteiger partial charge in [0, 0.05) is 70.0 Å². The second-order valence-electron chi connectivity index (χ2n) is 8.79. The minimum atomic E-state index is 0.336. The van der Waals surface area contributed by atoms with Gasteiger partial charge in [-0.1, -0.05) is 6.92 Å². The molecule has 0 amide bonds. The van der Waals surface area contributed by atoms with Crippen LogP contribution in [0.3, 0.4) is 0 Å². The molecule has 2 aliphatic rings. The number of piperazine rings is 2. The normalized spacial score (nSPS) is 24.6. The summed E-state index contributed by atoms with van der Waals surface area (Å²) in [4.78, 5) is 10.6. The molecule has 2 rings (SSSR count). The molecule has 2 saturated heterocycles. The number of nitrogens with zero attached hydrogens (tertiary/aromatic N) is 4. The van der Waals surface area contributed by atoms with Gasteiger partial charge in [-0.3, -0.25) is 14.7 Å². The highest BCUT2D eigenvalue weighted by molar-refractivity contribution is 4.88. The molecule has 2 fully saturated rings. The molecule has 0 aromatic rings. The van der Waals surface area contributed by atoms with Crippen LogP contribution < -0.4 is 0 Å². The number of hydrogen-bond donors (Lipinski definition) is 0. The van der Waals surface area contributed by atoms with Gasteiger partial charge in [0.25, 0.3) is 0 Å². The van der Waals surface area contributed by atoms with Crippen LogP contribution in [0.15, 0.2) is 0 Å². The Morgan fingerprint density at radius 2 is 1.33 bits per heavy atom. The van der Waals surface area contributed by atoms with Crippen LogP contribution >= 0.6 is 0 Å². The summed E-state index contributed by atoms with van der Waals surface area (Å²) in [6.07, 6.45) is 2.63. The highest BCUT2D eigenvalue weighted by Gasteiger charge is 2.31. The Morgan fingerprint density at radius 3 is 1.83 bits per heavy atom. The lowest BCUT2D eigenvalue weighted by Crippen LogP contribution is -2.56. The molecule has 1 atom stereocenters. The second kappa shape index (κ2) is 8.98. The summed E-state index contributed by atoms with van der Waals surface area (Å²) in [5, 5.41) is 0. The van der Waals surface area contributed by atoms with Crippen molar-refractivity contribution >= 4 is 0 Å². The second-order valence-corrected chi connectivity index (χ2v) is 8.79. The van der Waals surface area contributed by atoms with Gasteiger partial charge >= 0.3 is 0 Å². The monoisotopic (exact) mass is 338 g/mol. The Morgan fingerprint density at radius 1 is 0.792 bits per heavy atom. The van der Waals surface area contributed by atoms with Crippen LogP contribution in [0.25, 0.3) is 0 Å². The minimum Gasteiger partial charge on any atom is -0.301 e. The molecule has 24 heavy (non-hydrogen) atoms. The Hall–Kier alpha value is -0.160. The van der Waals surface area contributed by atoms with Gasteiger partial charge in [-0.05, 0) is 54.0 Å². The lowest BCUT2D eigenvalue weighted by molar-refractivity contribution is 0.0279. The van der Waals surface area contributed by atoms with E-state index in [2.05, 4.69) is 61.1 Å². The third-order valence-electron chi connectivity index (χ3n) is 6.55. The Bertz CT molecular complexity index is 353. The molecule has 0 aliphatic carbocycles. The largest absolute Gasteiger partial charge is 0.301 e. The van der Waals surface area contributed by atoms with Crippen LogP contribution in [-0.2, 0) is 0 Å². The van der Waals surface area contributed by atoms with Crippen molar-refractivity contribution in [2.45, 2.75) is 72.0 Å². The first-order valence-electron chi connectivity index (χ1n) is 10.3. The summed E-state index contributed by atoms with van der Waals surface area (Å²) < 4.78 is 0. The van der Waals surface area contributed by atoms with Gasteiger partial charge in [0.1, 0.15) is 0 Å². The van der Waals surface area contributed by atoms with E-state index in [1.54, 1.807) is 0 Å². The molecule has 0 radical (unpaired) electrons. The predicted molar refractivity (Wildman–Crippen MR) is 105 cm³/mol. The Labute approximate surface area is 151 Å². The Balaban J connectivity index is 1.74. The zero-order chi connectivity index (χ0) is 17.7. The van der Waals surface area contributed by atoms with Crippen molar-refractivity contribution in [2.75, 3.05) is 58.9 Å². The van der Waals surface area contributed by atoms with E-state index in [4.69, 9.17) is 0 Å². The molecule has 2 heterocycles. The van der Waals surface area contributed by atoms with Gasteiger partial charge in [0.2, 0.25) is 0 Å². The molecule has 1 unspecified atom stereocenters. The first-order valence-corrected chi connectivity index (χ1v) is 10.3. The SMILES string of the molecule is CCN1CCN(C(C)CCC(C)(C)N2CCN(C(C)C)CC2)CC1. The Kier molecular flexibility index (Phi) is 7.54. The molecule has 0 bridgehead atoms. The summed E-state index contributed by atoms with van der Waals surface area (Å²) in [6.45, 7) is 25.4. The molecule has 4 heteroatoms. The fraction of sp³-hybridized carbons (Fsp3) is 1.00. The summed E-state index contributed by atoms with van der Waals surface area (Å²) in [7, 11) is 0. The zero-order valence-electron chi connectivity index (χ0n) is 17.2. The third kappa shape index (κ3) is 5.42. The van der Waals surface area contributed by atoms with Crippen molar-refractivity contribution in [3.05, 3.63) is 0 Å². The first kappa shape index (κ1) is 20.2. The fourth-order valence-electron chi connectivity index (χ4n) is 4.27. The molecule has 4 nitrogen and oxygen atoms in total. The zero-order valence-corrected chi connectivity index (χ0v) is 17.2. The van der Waals surface area contributed by atoms with Gasteiger partial charge in [-0.2, -0.15) is 0 Å². The third-order valence-corrected chi connectivity index (χ3v) is 6.55. The van der Waals surface area contributed by atoms with Crippen LogP contribution in [0.2, 0.25) is 0 Å². The lowest BCUT2D eigenvalue weighted by atomic mass is 9.92. The van der Waals surface area contributed by atoms with Gasteiger partial charge < -0.3 is 4.90 Å². The van der Waals surface area contributed by atoms with Gasteiger partial charge in [0.05, 0.1) is 0 Å². The molecule has 0 spiro atoms. The van der Waals surface area contributed by atoms with Crippen LogP contribution in [0, 0.1) is 0 Å². The molecule has 2 aliphatic heterocycles. The quantitative estimate of drug-likeness (QED) is 0.707. The lowest BCUT2D eigenvalue weighted by Gasteiger charge is -2.46. The highest BCUT2D eigenvalue weighted by atomic mass is 15.3. The van der Waals surface area contributed by atoms with Gasteiger partial charge in [-0.25, -0.2) is 0 Å². The van der Waals surface area contributed by atoms with E-state index in [9.17, 15) is 0 Å². The molecule has 0 N–H and O–H groups in total. The predicted octanol–water partition coefficient (Wildman–Crippen LogP) is 2.60. The topological polar surface area (TPSA) is 13.0 Å². The van der Waals surface area contributed by atoms with Crippen molar-refractivity contribution in [3.63, 3.8) is 0 Å².